The molecule has 0 saturated carbocycles. The van der Waals surface area contributed by atoms with E-state index in [2.05, 4.69) is 0 Å². The van der Waals surface area contributed by atoms with Crippen LogP contribution in [0.4, 0.5) is 0 Å². The minimum absolute atomic E-state index is 0.0231. The monoisotopic (exact) mass is 474 g/mol. The Morgan fingerprint density at radius 1 is 0.667 bits per heavy atom. The van der Waals surface area contributed by atoms with Gasteiger partial charge >= 0.3 is 17.9 Å². The van der Waals surface area contributed by atoms with Crippen molar-refractivity contribution in [1.82, 2.24) is 0 Å². The fourth-order valence-electron chi connectivity index (χ4n) is 4.34. The first-order valence-corrected chi connectivity index (χ1v) is 11.4. The summed E-state index contributed by atoms with van der Waals surface area (Å²) in [7, 11) is 1.56. The van der Waals surface area contributed by atoms with Crippen LogP contribution < -0.4 is 0 Å². The normalized spacial score (nSPS) is 38.9. The lowest BCUT2D eigenvalue weighted by molar-refractivity contribution is -0.335. The maximum atomic E-state index is 11.8. The van der Waals surface area contributed by atoms with E-state index >= 15 is 0 Å². The average molecular weight is 475 g/mol. The van der Waals surface area contributed by atoms with E-state index in [-0.39, 0.29) is 36.9 Å². The number of esters is 3. The lowest BCUT2D eigenvalue weighted by atomic mass is 9.82. The molecule has 10 heteroatoms. The van der Waals surface area contributed by atoms with Crippen molar-refractivity contribution in [2.24, 2.45) is 23.7 Å². The van der Waals surface area contributed by atoms with Gasteiger partial charge in [0.25, 0.3) is 0 Å². The topological polar surface area (TPSA) is 116 Å². The average Bonchev–Trinajstić information content (AvgIpc) is 2.74. The summed E-state index contributed by atoms with van der Waals surface area (Å²) in [6.07, 6.45) is -3.70. The Balaban J connectivity index is 2.28. The third-order valence-electron chi connectivity index (χ3n) is 6.69. The van der Waals surface area contributed by atoms with Crippen LogP contribution in [0.3, 0.4) is 0 Å². The van der Waals surface area contributed by atoms with Gasteiger partial charge in [0.2, 0.25) is 0 Å². The highest BCUT2D eigenvalue weighted by atomic mass is 16.7. The molecule has 0 spiro atoms. The van der Waals surface area contributed by atoms with E-state index in [1.54, 1.807) is 7.11 Å². The summed E-state index contributed by atoms with van der Waals surface area (Å²) in [5, 5.41) is 0. The van der Waals surface area contributed by atoms with Gasteiger partial charge in [0.05, 0.1) is 12.2 Å². The Bertz CT molecular complexity index is 680. The van der Waals surface area contributed by atoms with Gasteiger partial charge in [-0.25, -0.2) is 0 Å². The number of hydrogen-bond donors (Lipinski definition) is 0. The molecule has 2 aliphatic rings. The van der Waals surface area contributed by atoms with Crippen LogP contribution in [0.15, 0.2) is 0 Å². The quantitative estimate of drug-likeness (QED) is 0.382. The van der Waals surface area contributed by atoms with Crippen molar-refractivity contribution < 1.29 is 47.5 Å². The van der Waals surface area contributed by atoms with Crippen molar-refractivity contribution in [3.63, 3.8) is 0 Å². The third kappa shape index (κ3) is 7.11. The molecule has 2 saturated heterocycles. The van der Waals surface area contributed by atoms with Crippen LogP contribution in [-0.4, -0.2) is 75.2 Å². The Morgan fingerprint density at radius 2 is 1.18 bits per heavy atom. The second-order valence-corrected chi connectivity index (χ2v) is 9.04. The van der Waals surface area contributed by atoms with E-state index in [4.69, 9.17) is 33.2 Å². The van der Waals surface area contributed by atoms with Crippen molar-refractivity contribution in [2.45, 2.75) is 85.5 Å². The number of carbonyl (C=O) groups excluding carboxylic acids is 3. The first kappa shape index (κ1) is 27.5. The van der Waals surface area contributed by atoms with Gasteiger partial charge < -0.3 is 33.2 Å². The highest BCUT2D eigenvalue weighted by Gasteiger charge is 2.49. The smallest absolute Gasteiger partial charge is 0.303 e. The van der Waals surface area contributed by atoms with Crippen LogP contribution in [0.1, 0.15) is 48.5 Å². The molecule has 4 unspecified atom stereocenters. The van der Waals surface area contributed by atoms with E-state index in [1.807, 2.05) is 27.7 Å². The number of rotatable bonds is 8. The van der Waals surface area contributed by atoms with Crippen molar-refractivity contribution >= 4 is 17.9 Å². The van der Waals surface area contributed by atoms with Gasteiger partial charge in [-0.05, 0) is 11.8 Å². The van der Waals surface area contributed by atoms with Gasteiger partial charge in [-0.2, -0.15) is 0 Å². The minimum Gasteiger partial charge on any atom is -0.463 e. The Kier molecular flexibility index (Phi) is 10.1. The minimum atomic E-state index is -0.928. The molecule has 0 aromatic heterocycles. The van der Waals surface area contributed by atoms with Crippen LogP contribution in [0.2, 0.25) is 0 Å². The summed E-state index contributed by atoms with van der Waals surface area (Å²) in [5.41, 5.74) is 0. The third-order valence-corrected chi connectivity index (χ3v) is 6.69. The first-order valence-electron chi connectivity index (χ1n) is 11.4. The van der Waals surface area contributed by atoms with E-state index in [9.17, 15) is 14.4 Å². The highest BCUT2D eigenvalue weighted by molar-refractivity contribution is 5.66. The molecule has 0 bridgehead atoms. The summed E-state index contributed by atoms with van der Waals surface area (Å²) in [4.78, 5) is 34.6. The van der Waals surface area contributed by atoms with Crippen molar-refractivity contribution in [3.8, 4) is 0 Å². The number of hydrogen-bond acceptors (Lipinski definition) is 10. The van der Waals surface area contributed by atoms with Crippen LogP contribution >= 0.6 is 0 Å². The summed E-state index contributed by atoms with van der Waals surface area (Å²) < 4.78 is 40.1. The number of carbonyl (C=O) groups is 3. The maximum Gasteiger partial charge on any atom is 0.303 e. The summed E-state index contributed by atoms with van der Waals surface area (Å²) in [5.74, 6) is -1.59. The Labute approximate surface area is 195 Å². The molecule has 10 atom stereocenters. The number of methoxy groups -OCH3 is 1. The second kappa shape index (κ2) is 12.1. The second-order valence-electron chi connectivity index (χ2n) is 9.04. The molecule has 2 heterocycles. The van der Waals surface area contributed by atoms with Crippen LogP contribution in [-0.2, 0) is 47.5 Å². The first-order chi connectivity index (χ1) is 15.5. The van der Waals surface area contributed by atoms with Crippen molar-refractivity contribution in [2.75, 3.05) is 20.3 Å². The summed E-state index contributed by atoms with van der Waals surface area (Å²) >= 11 is 0. The summed E-state index contributed by atoms with van der Waals surface area (Å²) in [6, 6.07) is 0. The van der Waals surface area contributed by atoms with E-state index in [1.165, 1.54) is 20.8 Å². The molecule has 190 valence electrons. The molecule has 2 rings (SSSR count). The molecular formula is C23H38O10. The standard InChI is InChI=1S/C23H38O10/c1-11-12(2)21(30-17(7)26)23(31-18(11)9-28-15(5)24)33-20-13(3)14(4)22(27-8)32-19(20)10-29-16(6)25/h11-14,18-23H,9-10H2,1-8H3/t11-,12-,13?,14?,18?,19-,20-,21?,22+,23-/m0/s1. The number of ether oxygens (including phenoxy) is 7. The zero-order valence-electron chi connectivity index (χ0n) is 20.8. The summed E-state index contributed by atoms with van der Waals surface area (Å²) in [6.45, 7) is 11.9. The zero-order valence-corrected chi connectivity index (χ0v) is 20.8. The largest absolute Gasteiger partial charge is 0.463 e. The fraction of sp³-hybridized carbons (Fsp3) is 0.870. The van der Waals surface area contributed by atoms with Crippen molar-refractivity contribution in [3.05, 3.63) is 0 Å². The molecule has 2 aliphatic heterocycles. The van der Waals surface area contributed by atoms with Gasteiger partial charge in [0.15, 0.2) is 18.7 Å². The maximum absolute atomic E-state index is 11.8. The predicted molar refractivity (Wildman–Crippen MR) is 115 cm³/mol. The lowest BCUT2D eigenvalue weighted by Crippen LogP contribution is -2.59. The molecule has 0 radical (unpaired) electrons. The molecular weight excluding hydrogens is 436 g/mol. The molecule has 0 aromatic rings. The fourth-order valence-corrected chi connectivity index (χ4v) is 4.34. The van der Waals surface area contributed by atoms with Crippen LogP contribution in [0.25, 0.3) is 0 Å². The van der Waals surface area contributed by atoms with Crippen LogP contribution in [0, 0.1) is 23.7 Å². The molecule has 33 heavy (non-hydrogen) atoms. The SMILES string of the molecule is CO[C@@H]1O[C@@H](COC(C)=O)[C@@H](O[C@@H]2OC(COC(C)=O)[C@@H](C)[C@H](C)C2OC(C)=O)C(C)C1C. The van der Waals surface area contributed by atoms with Gasteiger partial charge in [0.1, 0.15) is 19.3 Å². The Hall–Kier alpha value is -1.75. The van der Waals surface area contributed by atoms with Crippen LogP contribution in [0.5, 0.6) is 0 Å². The van der Waals surface area contributed by atoms with Gasteiger partial charge in [-0.3, -0.25) is 14.4 Å². The van der Waals surface area contributed by atoms with E-state index in [0.29, 0.717) is 0 Å². The lowest BCUT2D eigenvalue weighted by Gasteiger charge is -2.48. The Morgan fingerprint density at radius 3 is 1.70 bits per heavy atom. The molecule has 0 aromatic carbocycles. The molecule has 0 amide bonds. The van der Waals surface area contributed by atoms with Crippen molar-refractivity contribution in [1.29, 1.82) is 0 Å². The molecule has 10 nitrogen and oxygen atoms in total. The van der Waals surface area contributed by atoms with Gasteiger partial charge in [0, 0.05) is 39.7 Å². The van der Waals surface area contributed by atoms with Gasteiger partial charge in [-0.1, -0.05) is 27.7 Å². The molecule has 2 fully saturated rings. The zero-order chi connectivity index (χ0) is 24.9. The van der Waals surface area contributed by atoms with Gasteiger partial charge in [-0.15, -0.1) is 0 Å². The molecule has 0 aliphatic carbocycles. The molecule has 0 N–H and O–H groups in total. The van der Waals surface area contributed by atoms with E-state index in [0.717, 1.165) is 0 Å². The van der Waals surface area contributed by atoms with E-state index < -0.39 is 54.9 Å². The predicted octanol–water partition coefficient (Wildman–Crippen LogP) is 2.07. The highest BCUT2D eigenvalue weighted by Crippen LogP contribution is 2.38.